The second kappa shape index (κ2) is 4.82. The van der Waals surface area contributed by atoms with E-state index in [1.165, 1.54) is 11.5 Å². The van der Waals surface area contributed by atoms with Crippen LogP contribution in [0, 0.1) is 6.92 Å². The summed E-state index contributed by atoms with van der Waals surface area (Å²) in [6, 6.07) is 1.69. The molecule has 0 aliphatic heterocycles. The van der Waals surface area contributed by atoms with Gasteiger partial charge >= 0.3 is 0 Å². The lowest BCUT2D eigenvalue weighted by Gasteiger charge is -2.02. The molecule has 0 atom stereocenters. The maximum Gasteiger partial charge on any atom is 0.183 e. The van der Waals surface area contributed by atoms with Gasteiger partial charge in [0.05, 0.1) is 5.69 Å². The molecule has 3 rings (SSSR count). The van der Waals surface area contributed by atoms with Gasteiger partial charge in [-0.15, -0.1) is 15.3 Å². The summed E-state index contributed by atoms with van der Waals surface area (Å²) in [6.45, 7) is 3.98. The topological polar surface area (TPSA) is 68.9 Å². The van der Waals surface area contributed by atoms with Gasteiger partial charge in [-0.2, -0.15) is 0 Å². The minimum atomic E-state index is 0.417. The Morgan fingerprint density at radius 1 is 1.32 bits per heavy atom. The lowest BCUT2D eigenvalue weighted by molar-refractivity contribution is 0.868. The third kappa shape index (κ3) is 2.08. The maximum atomic E-state index is 5.92. The van der Waals surface area contributed by atoms with Crippen molar-refractivity contribution in [2.45, 2.75) is 26.7 Å². The zero-order valence-corrected chi connectivity index (χ0v) is 12.0. The summed E-state index contributed by atoms with van der Waals surface area (Å²) >= 11 is 7.25. The fraction of sp³-hybridized carbons (Fsp3) is 0.364. The van der Waals surface area contributed by atoms with E-state index in [9.17, 15) is 0 Å². The zero-order chi connectivity index (χ0) is 13.4. The third-order valence-electron chi connectivity index (χ3n) is 2.77. The van der Waals surface area contributed by atoms with Crippen LogP contribution in [0.3, 0.4) is 0 Å². The van der Waals surface area contributed by atoms with Crippen LogP contribution >= 0.6 is 23.1 Å². The summed E-state index contributed by atoms with van der Waals surface area (Å²) in [5.74, 6) is 1.48. The molecule has 0 saturated carbocycles. The van der Waals surface area contributed by atoms with E-state index in [0.29, 0.717) is 10.8 Å². The fourth-order valence-corrected chi connectivity index (χ4v) is 2.88. The van der Waals surface area contributed by atoms with E-state index in [4.69, 9.17) is 11.6 Å². The molecule has 0 unspecified atom stereocenters. The molecule has 0 fully saturated rings. The zero-order valence-electron chi connectivity index (χ0n) is 10.5. The summed E-state index contributed by atoms with van der Waals surface area (Å²) in [5.41, 5.74) is 1.64. The average Bonchev–Trinajstić information content (AvgIpc) is 2.95. The van der Waals surface area contributed by atoms with Crippen molar-refractivity contribution in [1.82, 2.24) is 29.2 Å². The van der Waals surface area contributed by atoms with Gasteiger partial charge in [0.15, 0.2) is 11.5 Å². The molecule has 0 aliphatic rings. The molecule has 6 nitrogen and oxygen atoms in total. The lowest BCUT2D eigenvalue weighted by atomic mass is 10.2. The highest BCUT2D eigenvalue weighted by Crippen LogP contribution is 2.27. The smallest absolute Gasteiger partial charge is 0.183 e. The minimum absolute atomic E-state index is 0.417. The molecule has 19 heavy (non-hydrogen) atoms. The molecule has 3 aromatic rings. The van der Waals surface area contributed by atoms with Crippen LogP contribution < -0.4 is 0 Å². The summed E-state index contributed by atoms with van der Waals surface area (Å²) in [5, 5.41) is 12.9. The predicted molar refractivity (Wildman–Crippen MR) is 73.4 cm³/mol. The maximum absolute atomic E-state index is 5.92. The number of halogens is 1. The van der Waals surface area contributed by atoms with E-state index in [0.717, 1.165) is 35.1 Å². The van der Waals surface area contributed by atoms with Crippen molar-refractivity contribution in [3.05, 3.63) is 22.7 Å². The first-order valence-corrected chi connectivity index (χ1v) is 7.05. The summed E-state index contributed by atoms with van der Waals surface area (Å²) in [6.07, 6.45) is 1.89. The van der Waals surface area contributed by atoms with Crippen molar-refractivity contribution in [1.29, 1.82) is 0 Å². The predicted octanol–water partition coefficient (Wildman–Crippen LogP) is 2.56. The quantitative estimate of drug-likeness (QED) is 0.694. The van der Waals surface area contributed by atoms with Gasteiger partial charge in [0, 0.05) is 6.07 Å². The standard InChI is InChI=1S/C11H11ClN6S/c1-3-4-7-10(19-17-14-7)11-16-15-9-5-8(12)13-6(2)18(9)11/h5H,3-4H2,1-2H3. The van der Waals surface area contributed by atoms with Gasteiger partial charge in [0.2, 0.25) is 0 Å². The number of aromatic nitrogens is 6. The Hall–Kier alpha value is -1.60. The van der Waals surface area contributed by atoms with Gasteiger partial charge in [0.1, 0.15) is 15.9 Å². The van der Waals surface area contributed by atoms with Gasteiger partial charge in [-0.05, 0) is 24.9 Å². The fourth-order valence-electron chi connectivity index (χ4n) is 1.98. The molecular formula is C11H11ClN6S. The number of rotatable bonds is 3. The highest BCUT2D eigenvalue weighted by molar-refractivity contribution is 7.09. The first-order chi connectivity index (χ1) is 9.20. The van der Waals surface area contributed by atoms with E-state index in [-0.39, 0.29) is 0 Å². The van der Waals surface area contributed by atoms with Crippen LogP contribution in [0.15, 0.2) is 6.07 Å². The summed E-state index contributed by atoms with van der Waals surface area (Å²) in [7, 11) is 0. The van der Waals surface area contributed by atoms with Crippen LogP contribution in [0.5, 0.6) is 0 Å². The largest absolute Gasteiger partial charge is 0.262 e. The normalized spacial score (nSPS) is 11.3. The molecule has 0 amide bonds. The molecule has 0 aliphatic carbocycles. The van der Waals surface area contributed by atoms with Crippen molar-refractivity contribution in [3.63, 3.8) is 0 Å². The Bertz CT molecular complexity index is 734. The average molecular weight is 295 g/mol. The molecule has 98 valence electrons. The molecule has 0 saturated heterocycles. The first-order valence-electron chi connectivity index (χ1n) is 5.90. The number of fused-ring (bicyclic) bond motifs is 1. The van der Waals surface area contributed by atoms with Crippen LogP contribution in [-0.2, 0) is 6.42 Å². The van der Waals surface area contributed by atoms with Crippen LogP contribution in [0.1, 0.15) is 24.9 Å². The van der Waals surface area contributed by atoms with Gasteiger partial charge < -0.3 is 0 Å². The summed E-state index contributed by atoms with van der Waals surface area (Å²) in [4.78, 5) is 5.18. The molecule has 0 spiro atoms. The minimum Gasteiger partial charge on any atom is -0.262 e. The molecule has 8 heteroatoms. The monoisotopic (exact) mass is 294 g/mol. The van der Waals surface area contributed by atoms with E-state index >= 15 is 0 Å². The molecule has 0 bridgehead atoms. The second-order valence-corrected chi connectivity index (χ2v) is 5.28. The molecule has 0 radical (unpaired) electrons. The number of hydrogen-bond acceptors (Lipinski definition) is 6. The van der Waals surface area contributed by atoms with Gasteiger partial charge in [-0.25, -0.2) is 4.98 Å². The van der Waals surface area contributed by atoms with Crippen LogP contribution in [-0.4, -0.2) is 29.2 Å². The van der Waals surface area contributed by atoms with Gasteiger partial charge in [-0.3, -0.25) is 4.40 Å². The number of aryl methyl sites for hydroxylation is 2. The van der Waals surface area contributed by atoms with E-state index in [2.05, 4.69) is 31.7 Å². The van der Waals surface area contributed by atoms with Crippen molar-refractivity contribution in [2.75, 3.05) is 0 Å². The Morgan fingerprint density at radius 3 is 2.95 bits per heavy atom. The van der Waals surface area contributed by atoms with Crippen LogP contribution in [0.2, 0.25) is 5.15 Å². The molecule has 0 aromatic carbocycles. The highest BCUT2D eigenvalue weighted by atomic mass is 35.5. The van der Waals surface area contributed by atoms with Gasteiger partial charge in [0.25, 0.3) is 0 Å². The molecule has 3 aromatic heterocycles. The van der Waals surface area contributed by atoms with Crippen molar-refractivity contribution >= 4 is 28.8 Å². The first kappa shape index (κ1) is 12.4. The van der Waals surface area contributed by atoms with Crippen molar-refractivity contribution in [3.8, 4) is 10.7 Å². The Balaban J connectivity index is 2.23. The number of nitrogens with zero attached hydrogens (tertiary/aromatic N) is 6. The third-order valence-corrected chi connectivity index (χ3v) is 3.73. The van der Waals surface area contributed by atoms with E-state index in [1.807, 2.05) is 11.3 Å². The summed E-state index contributed by atoms with van der Waals surface area (Å²) < 4.78 is 5.89. The Morgan fingerprint density at radius 2 is 2.16 bits per heavy atom. The van der Waals surface area contributed by atoms with Crippen molar-refractivity contribution < 1.29 is 0 Å². The number of hydrogen-bond donors (Lipinski definition) is 0. The lowest BCUT2D eigenvalue weighted by Crippen LogP contribution is -1.98. The second-order valence-electron chi connectivity index (χ2n) is 4.14. The molecular weight excluding hydrogens is 284 g/mol. The van der Waals surface area contributed by atoms with Gasteiger partial charge in [-0.1, -0.05) is 29.4 Å². The molecule has 0 N–H and O–H groups in total. The SMILES string of the molecule is CCCc1nnsc1-c1nnc2cc(Cl)nc(C)n12. The van der Waals surface area contributed by atoms with E-state index < -0.39 is 0 Å². The highest BCUT2D eigenvalue weighted by Gasteiger charge is 2.17. The Kier molecular flexibility index (Phi) is 3.16. The van der Waals surface area contributed by atoms with Crippen molar-refractivity contribution in [2.24, 2.45) is 0 Å². The van der Waals surface area contributed by atoms with E-state index in [1.54, 1.807) is 6.07 Å². The van der Waals surface area contributed by atoms with Crippen LogP contribution in [0.25, 0.3) is 16.3 Å². The molecule has 3 heterocycles. The Labute approximate surface area is 118 Å². The van der Waals surface area contributed by atoms with Crippen LogP contribution in [0.4, 0.5) is 0 Å².